The van der Waals surface area contributed by atoms with Crippen LogP contribution in [0.3, 0.4) is 0 Å². The van der Waals surface area contributed by atoms with E-state index in [4.69, 9.17) is 0 Å². The van der Waals surface area contributed by atoms with Crippen molar-refractivity contribution in [2.24, 2.45) is 0 Å². The van der Waals surface area contributed by atoms with Gasteiger partial charge in [0.25, 0.3) is 0 Å². The molecule has 4 heavy (non-hydrogen) atoms. The summed E-state index contributed by atoms with van der Waals surface area (Å²) >= 11 is 0. The van der Waals surface area contributed by atoms with Crippen LogP contribution in [0.4, 0.5) is 0 Å². The molecule has 0 aliphatic carbocycles. The molecule has 0 aromatic heterocycles. The molecule has 0 aliphatic heterocycles. The van der Waals surface area contributed by atoms with Crippen LogP contribution < -0.4 is 0 Å². The van der Waals surface area contributed by atoms with E-state index in [1.807, 2.05) is 0 Å². The molecule has 0 bridgehead atoms. The maximum absolute atomic E-state index is 0. The minimum atomic E-state index is 0. The molecule has 0 unspecified atom stereocenters. The SMILES string of the molecule is [Mg+2].[O-2].[O-2].[Pd+2]. The third-order valence-corrected chi connectivity index (χ3v) is 0. The molecule has 0 aromatic rings. The van der Waals surface area contributed by atoms with E-state index >= 15 is 0 Å². The first-order valence-corrected chi connectivity index (χ1v) is 0. The van der Waals surface area contributed by atoms with Crippen molar-refractivity contribution in [2.45, 2.75) is 0 Å². The smallest absolute Gasteiger partial charge is 2.00 e. The summed E-state index contributed by atoms with van der Waals surface area (Å²) in [6, 6.07) is 0. The molecule has 4 heteroatoms. The summed E-state index contributed by atoms with van der Waals surface area (Å²) in [5, 5.41) is 0. The second-order valence-electron chi connectivity index (χ2n) is 0. The summed E-state index contributed by atoms with van der Waals surface area (Å²) in [5.74, 6) is 0. The summed E-state index contributed by atoms with van der Waals surface area (Å²) in [6.07, 6.45) is 0. The topological polar surface area (TPSA) is 57.0 Å². The first-order valence-electron chi connectivity index (χ1n) is 0. The van der Waals surface area contributed by atoms with Crippen LogP contribution in [-0.2, 0) is 31.4 Å². The second kappa shape index (κ2) is 26.8. The molecule has 0 aromatic carbocycles. The first kappa shape index (κ1) is 55.6. The Hall–Kier alpha value is 1.35. The minimum Gasteiger partial charge on any atom is -2.00 e. The minimum absolute atomic E-state index is 0. The van der Waals surface area contributed by atoms with E-state index in [-0.39, 0.29) is 54.4 Å². The Kier molecular flexibility index (Phi) is 373. The molecule has 0 heterocycles. The van der Waals surface area contributed by atoms with Crippen molar-refractivity contribution in [1.29, 1.82) is 0 Å². The normalized spacial score (nSPS) is 0. The van der Waals surface area contributed by atoms with Crippen LogP contribution >= 0.6 is 0 Å². The largest absolute Gasteiger partial charge is 2.00 e. The Bertz CT molecular complexity index is 6.00. The summed E-state index contributed by atoms with van der Waals surface area (Å²) in [6.45, 7) is 0. The van der Waals surface area contributed by atoms with Crippen LogP contribution in [0, 0.1) is 0 Å². The van der Waals surface area contributed by atoms with Gasteiger partial charge in [-0.25, -0.2) is 0 Å². The molecule has 2 nitrogen and oxygen atoms in total. The number of hydrogen-bond donors (Lipinski definition) is 0. The van der Waals surface area contributed by atoms with Gasteiger partial charge in [-0.2, -0.15) is 0 Å². The molecule has 0 aliphatic rings. The van der Waals surface area contributed by atoms with E-state index in [0.29, 0.717) is 0 Å². The Labute approximate surface area is 54.4 Å². The number of hydrogen-bond acceptors (Lipinski definition) is 0. The quantitative estimate of drug-likeness (QED) is 0.427. The van der Waals surface area contributed by atoms with Gasteiger partial charge in [0.15, 0.2) is 0 Å². The molecule has 24 valence electrons. The van der Waals surface area contributed by atoms with Crippen LogP contribution in [0.1, 0.15) is 0 Å². The molecule has 0 spiro atoms. The van der Waals surface area contributed by atoms with Crippen molar-refractivity contribution >= 4 is 23.1 Å². The van der Waals surface area contributed by atoms with Crippen molar-refractivity contribution in [3.8, 4) is 0 Å². The Morgan fingerprint density at radius 1 is 0.750 bits per heavy atom. The zero-order chi connectivity index (χ0) is 0. The van der Waals surface area contributed by atoms with E-state index < -0.39 is 0 Å². The third-order valence-electron chi connectivity index (χ3n) is 0. The van der Waals surface area contributed by atoms with E-state index in [1.165, 1.54) is 0 Å². The van der Waals surface area contributed by atoms with Crippen LogP contribution in [0.25, 0.3) is 0 Å². The zero-order valence-electron chi connectivity index (χ0n) is 1.84. The average Bonchev–Trinajstić information content (AvgIpc) is 0. The Morgan fingerprint density at radius 3 is 0.750 bits per heavy atom. The van der Waals surface area contributed by atoms with Crippen molar-refractivity contribution in [2.75, 3.05) is 0 Å². The molecular formula is MgO2Pd. The van der Waals surface area contributed by atoms with E-state index in [2.05, 4.69) is 0 Å². The van der Waals surface area contributed by atoms with Gasteiger partial charge in [0.1, 0.15) is 0 Å². The predicted molar refractivity (Wildman–Crippen MR) is 7.13 cm³/mol. The monoisotopic (exact) mass is 162 g/mol. The maximum Gasteiger partial charge on any atom is 2.00 e. The molecule has 0 saturated heterocycles. The van der Waals surface area contributed by atoms with Gasteiger partial charge in [-0.05, 0) is 0 Å². The summed E-state index contributed by atoms with van der Waals surface area (Å²) in [5.41, 5.74) is 0. The van der Waals surface area contributed by atoms with Crippen LogP contribution in [0.5, 0.6) is 0 Å². The summed E-state index contributed by atoms with van der Waals surface area (Å²) in [7, 11) is 0. The second-order valence-corrected chi connectivity index (χ2v) is 0. The molecule has 0 amide bonds. The van der Waals surface area contributed by atoms with E-state index in [9.17, 15) is 0 Å². The molecule has 0 fully saturated rings. The van der Waals surface area contributed by atoms with Gasteiger partial charge in [0.2, 0.25) is 0 Å². The molecule has 0 saturated carbocycles. The van der Waals surface area contributed by atoms with Gasteiger partial charge in [-0.3, -0.25) is 0 Å². The van der Waals surface area contributed by atoms with Crippen molar-refractivity contribution in [3.63, 3.8) is 0 Å². The Balaban J connectivity index is 0. The van der Waals surface area contributed by atoms with Gasteiger partial charge in [-0.1, -0.05) is 0 Å². The van der Waals surface area contributed by atoms with Gasteiger partial charge < -0.3 is 11.0 Å². The zero-order valence-corrected chi connectivity index (χ0v) is 4.81. The average molecular weight is 163 g/mol. The van der Waals surface area contributed by atoms with Gasteiger partial charge in [-0.15, -0.1) is 0 Å². The third kappa shape index (κ3) is 10.2. The van der Waals surface area contributed by atoms with Crippen molar-refractivity contribution in [1.82, 2.24) is 0 Å². The van der Waals surface area contributed by atoms with Gasteiger partial charge >= 0.3 is 43.5 Å². The molecular weight excluding hydrogens is 163 g/mol. The van der Waals surface area contributed by atoms with E-state index in [0.717, 1.165) is 0 Å². The van der Waals surface area contributed by atoms with Crippen LogP contribution in [0.15, 0.2) is 0 Å². The van der Waals surface area contributed by atoms with E-state index in [1.54, 1.807) is 0 Å². The standard InChI is InChI=1S/Mg.2O.Pd/q+2;2*-2;+2. The number of rotatable bonds is 0. The van der Waals surface area contributed by atoms with Crippen molar-refractivity contribution in [3.05, 3.63) is 0 Å². The maximum atomic E-state index is 0. The summed E-state index contributed by atoms with van der Waals surface area (Å²) < 4.78 is 0. The molecule has 0 N–H and O–H groups in total. The molecule has 0 atom stereocenters. The fourth-order valence-corrected chi connectivity index (χ4v) is 0. The summed E-state index contributed by atoms with van der Waals surface area (Å²) in [4.78, 5) is 0. The molecule has 0 radical (unpaired) electrons. The predicted octanol–water partition coefficient (Wildman–Crippen LogP) is -0.621. The van der Waals surface area contributed by atoms with Crippen LogP contribution in [-0.4, -0.2) is 23.1 Å². The van der Waals surface area contributed by atoms with Crippen LogP contribution in [0.2, 0.25) is 0 Å². The van der Waals surface area contributed by atoms with Crippen molar-refractivity contribution < 1.29 is 31.4 Å². The van der Waals surface area contributed by atoms with Gasteiger partial charge in [0.05, 0.1) is 0 Å². The fourth-order valence-electron chi connectivity index (χ4n) is 0. The van der Waals surface area contributed by atoms with Gasteiger partial charge in [0, 0.05) is 0 Å². The fraction of sp³-hybridized carbons (Fsp3) is 0. The Morgan fingerprint density at radius 2 is 0.750 bits per heavy atom. The first-order chi connectivity index (χ1) is 0. The molecule has 0 rings (SSSR count).